The van der Waals surface area contributed by atoms with Crippen LogP contribution in [0.5, 0.6) is 0 Å². The smallest absolute Gasteiger partial charge is 0.220 e. The first-order chi connectivity index (χ1) is 36.7. The number of nitrogens with one attached hydrogen (secondary N) is 1. The summed E-state index contributed by atoms with van der Waals surface area (Å²) >= 11 is 0. The van der Waals surface area contributed by atoms with Crippen molar-refractivity contribution in [3.8, 4) is 0 Å². The number of carbonyl (C=O) groups is 1. The third kappa shape index (κ3) is 59.7. The van der Waals surface area contributed by atoms with E-state index >= 15 is 0 Å². The van der Waals surface area contributed by atoms with E-state index in [9.17, 15) is 15.0 Å². The zero-order valence-corrected chi connectivity index (χ0v) is 48.8. The van der Waals surface area contributed by atoms with Gasteiger partial charge in [-0.05, 0) is 83.5 Å². The van der Waals surface area contributed by atoms with Crippen LogP contribution in [0.4, 0.5) is 0 Å². The Kier molecular flexibility index (Phi) is 61.3. The number of hydrogen-bond acceptors (Lipinski definition) is 3. The van der Waals surface area contributed by atoms with E-state index in [1.165, 1.54) is 193 Å². The van der Waals surface area contributed by atoms with Crippen molar-refractivity contribution in [2.24, 2.45) is 0 Å². The number of rotatable bonds is 57. The quantitative estimate of drug-likeness (QED) is 0.0420. The molecule has 0 aliphatic carbocycles. The average molecular weight is 1020 g/mol. The first kappa shape index (κ1) is 70.8. The van der Waals surface area contributed by atoms with Crippen molar-refractivity contribution in [1.29, 1.82) is 0 Å². The highest BCUT2D eigenvalue weighted by atomic mass is 16.3. The fourth-order valence-electron chi connectivity index (χ4n) is 9.18. The number of carbonyl (C=O) groups excluding carboxylic acids is 1. The van der Waals surface area contributed by atoms with Crippen molar-refractivity contribution in [2.75, 3.05) is 6.61 Å². The molecule has 2 unspecified atom stereocenters. The van der Waals surface area contributed by atoms with Gasteiger partial charge >= 0.3 is 0 Å². The largest absolute Gasteiger partial charge is 0.394 e. The molecule has 4 heteroatoms. The van der Waals surface area contributed by atoms with Gasteiger partial charge in [-0.25, -0.2) is 0 Å². The minimum atomic E-state index is -0.874. The third-order valence-electron chi connectivity index (χ3n) is 14.0. The van der Waals surface area contributed by atoms with Gasteiger partial charge in [0.1, 0.15) is 0 Å². The Balaban J connectivity index is 3.60. The molecule has 424 valence electrons. The van der Waals surface area contributed by atoms with Gasteiger partial charge in [0.2, 0.25) is 5.91 Å². The average Bonchev–Trinajstić information content (AvgIpc) is 3.40. The summed E-state index contributed by atoms with van der Waals surface area (Å²) in [7, 11) is 0. The monoisotopic (exact) mass is 1020 g/mol. The van der Waals surface area contributed by atoms with Crippen LogP contribution < -0.4 is 5.32 Å². The number of amides is 1. The van der Waals surface area contributed by atoms with Gasteiger partial charge < -0.3 is 15.5 Å². The topological polar surface area (TPSA) is 69.6 Å². The Labute approximate surface area is 460 Å². The summed E-state index contributed by atoms with van der Waals surface area (Å²) in [5, 5.41) is 23.2. The molecule has 0 saturated carbocycles. The SMILES string of the molecule is CC/C=C\C/C=C\C/C=C\C/C=C\C/C=C\C/C=C\C/C=C\C/C=C\C/C=C\CCCC(=O)NC(CO)C(O)/C=C/CCCCCCCCCCCCCCCCCCCCCCCCCCCCCCCCC. The van der Waals surface area contributed by atoms with Gasteiger partial charge in [0.15, 0.2) is 0 Å². The zero-order valence-electron chi connectivity index (χ0n) is 48.8. The van der Waals surface area contributed by atoms with E-state index in [0.29, 0.717) is 6.42 Å². The molecule has 2 atom stereocenters. The van der Waals surface area contributed by atoms with Gasteiger partial charge in [-0.15, -0.1) is 0 Å². The maximum absolute atomic E-state index is 12.5. The van der Waals surface area contributed by atoms with Gasteiger partial charge in [0, 0.05) is 6.42 Å². The van der Waals surface area contributed by atoms with E-state index in [1.807, 2.05) is 6.08 Å². The van der Waals surface area contributed by atoms with Crippen molar-refractivity contribution in [3.63, 3.8) is 0 Å². The Morgan fingerprint density at radius 3 is 0.878 bits per heavy atom. The van der Waals surface area contributed by atoms with Crippen molar-refractivity contribution in [1.82, 2.24) is 5.32 Å². The molecule has 0 spiro atoms. The maximum atomic E-state index is 12.5. The fourth-order valence-corrected chi connectivity index (χ4v) is 9.18. The lowest BCUT2D eigenvalue weighted by Gasteiger charge is -2.19. The minimum Gasteiger partial charge on any atom is -0.394 e. The molecule has 0 aliphatic rings. The number of allylic oxidation sites excluding steroid dienone is 19. The molecule has 0 saturated heterocycles. The van der Waals surface area contributed by atoms with Crippen molar-refractivity contribution in [2.45, 2.75) is 309 Å². The second-order valence-corrected chi connectivity index (χ2v) is 21.1. The van der Waals surface area contributed by atoms with Crippen LogP contribution in [0.25, 0.3) is 0 Å². The van der Waals surface area contributed by atoms with E-state index in [-0.39, 0.29) is 12.5 Å². The second-order valence-electron chi connectivity index (χ2n) is 21.1. The third-order valence-corrected chi connectivity index (χ3v) is 14.0. The Morgan fingerprint density at radius 2 is 0.595 bits per heavy atom. The number of aliphatic hydroxyl groups is 2. The maximum Gasteiger partial charge on any atom is 0.220 e. The molecule has 3 N–H and O–H groups in total. The minimum absolute atomic E-state index is 0.123. The lowest BCUT2D eigenvalue weighted by molar-refractivity contribution is -0.122. The molecule has 0 aromatic carbocycles. The summed E-state index contributed by atoms with van der Waals surface area (Å²) < 4.78 is 0. The molecule has 0 aliphatic heterocycles. The summed E-state index contributed by atoms with van der Waals surface area (Å²) in [6.07, 6.45) is 98.3. The normalized spacial score (nSPS) is 13.6. The lowest BCUT2D eigenvalue weighted by atomic mass is 10.0. The predicted molar refractivity (Wildman–Crippen MR) is 331 cm³/mol. The summed E-state index contributed by atoms with van der Waals surface area (Å²) in [4.78, 5) is 12.5. The lowest BCUT2D eigenvalue weighted by Crippen LogP contribution is -2.45. The Bertz CT molecular complexity index is 1440. The van der Waals surface area contributed by atoms with E-state index in [1.54, 1.807) is 6.08 Å². The molecule has 0 bridgehead atoms. The predicted octanol–water partition coefficient (Wildman–Crippen LogP) is 21.6. The van der Waals surface area contributed by atoms with Crippen LogP contribution in [0.3, 0.4) is 0 Å². The van der Waals surface area contributed by atoms with Gasteiger partial charge in [-0.1, -0.05) is 328 Å². The fraction of sp³-hybridized carbons (Fsp3) is 0.700. The van der Waals surface area contributed by atoms with Crippen LogP contribution in [0.15, 0.2) is 122 Å². The molecular formula is C70H121NO3. The number of hydrogen-bond donors (Lipinski definition) is 3. The zero-order chi connectivity index (χ0) is 53.4. The van der Waals surface area contributed by atoms with Crippen LogP contribution in [0, 0.1) is 0 Å². The molecule has 0 heterocycles. The van der Waals surface area contributed by atoms with Gasteiger partial charge in [-0.2, -0.15) is 0 Å². The molecule has 0 radical (unpaired) electrons. The highest BCUT2D eigenvalue weighted by molar-refractivity contribution is 5.76. The van der Waals surface area contributed by atoms with Crippen molar-refractivity contribution < 1.29 is 15.0 Å². The standard InChI is InChI=1S/C70H121NO3/c1-3-5-7-9-11-13-15-17-19-21-23-25-27-29-31-33-34-35-36-38-39-41-43-45-47-49-51-53-55-57-59-61-63-65-69(73)68(67-72)71-70(74)66-64-62-60-58-56-54-52-50-48-46-44-42-40-37-32-30-28-26-24-22-20-18-16-14-12-10-8-6-4-2/h6,8,12,14,18,20,24,26,30,32,40,42,46,48,52,54,58,60,63,65,68-69,72-73H,3-5,7,9-11,13,15-17,19,21-23,25,27-29,31,33-39,41,43-45,47,49-51,53,55-57,59,61-62,64,66-67H2,1-2H3,(H,71,74)/b8-6-,14-12-,20-18-,26-24-,32-30-,42-40-,48-46-,54-52-,60-58-,65-63+. The molecule has 0 fully saturated rings. The molecule has 0 aromatic heterocycles. The second kappa shape index (κ2) is 64.1. The number of aliphatic hydroxyl groups excluding tert-OH is 2. The van der Waals surface area contributed by atoms with Gasteiger partial charge in [0.05, 0.1) is 18.8 Å². The molecular weight excluding hydrogens is 903 g/mol. The summed E-state index contributed by atoms with van der Waals surface area (Å²) in [6, 6.07) is -0.664. The van der Waals surface area contributed by atoms with Crippen LogP contribution in [-0.2, 0) is 4.79 Å². The Hall–Kier alpha value is -3.21. The molecule has 74 heavy (non-hydrogen) atoms. The van der Waals surface area contributed by atoms with E-state index < -0.39 is 12.1 Å². The summed E-state index contributed by atoms with van der Waals surface area (Å²) in [6.45, 7) is 4.19. The van der Waals surface area contributed by atoms with Gasteiger partial charge in [-0.3, -0.25) is 4.79 Å². The van der Waals surface area contributed by atoms with Crippen LogP contribution in [-0.4, -0.2) is 34.9 Å². The molecule has 0 aromatic rings. The number of unbranched alkanes of at least 4 members (excludes halogenated alkanes) is 32. The summed E-state index contributed by atoms with van der Waals surface area (Å²) in [5.74, 6) is -0.123. The van der Waals surface area contributed by atoms with Crippen molar-refractivity contribution >= 4 is 5.91 Å². The summed E-state index contributed by atoms with van der Waals surface area (Å²) in [5.41, 5.74) is 0. The highest BCUT2D eigenvalue weighted by Gasteiger charge is 2.17. The van der Waals surface area contributed by atoms with E-state index in [2.05, 4.69) is 129 Å². The highest BCUT2D eigenvalue weighted by Crippen LogP contribution is 2.17. The molecule has 0 rings (SSSR count). The van der Waals surface area contributed by atoms with Crippen LogP contribution >= 0.6 is 0 Å². The van der Waals surface area contributed by atoms with Crippen LogP contribution in [0.1, 0.15) is 296 Å². The molecule has 1 amide bonds. The van der Waals surface area contributed by atoms with Crippen molar-refractivity contribution in [3.05, 3.63) is 122 Å². The Morgan fingerprint density at radius 1 is 0.338 bits per heavy atom. The van der Waals surface area contributed by atoms with E-state index in [4.69, 9.17) is 0 Å². The van der Waals surface area contributed by atoms with Crippen LogP contribution in [0.2, 0.25) is 0 Å². The molecule has 4 nitrogen and oxygen atoms in total. The first-order valence-corrected chi connectivity index (χ1v) is 31.7. The van der Waals surface area contributed by atoms with Gasteiger partial charge in [0.25, 0.3) is 0 Å². The van der Waals surface area contributed by atoms with E-state index in [0.717, 1.165) is 83.5 Å². The first-order valence-electron chi connectivity index (χ1n) is 31.7.